The highest BCUT2D eigenvalue weighted by Crippen LogP contribution is 2.26. The maximum Gasteiger partial charge on any atom is 0.112 e. The first-order valence-corrected chi connectivity index (χ1v) is 7.73. The maximum absolute atomic E-state index is 5.87. The van der Waals surface area contributed by atoms with Crippen molar-refractivity contribution in [1.82, 2.24) is 9.55 Å². The lowest BCUT2D eigenvalue weighted by Gasteiger charge is -2.11. The van der Waals surface area contributed by atoms with Gasteiger partial charge >= 0.3 is 0 Å². The van der Waals surface area contributed by atoms with Gasteiger partial charge in [0.25, 0.3) is 0 Å². The Morgan fingerprint density at radius 1 is 1.30 bits per heavy atom. The first-order chi connectivity index (χ1) is 9.56. The van der Waals surface area contributed by atoms with Crippen LogP contribution in [0.2, 0.25) is 0 Å². The van der Waals surface area contributed by atoms with Gasteiger partial charge in [-0.3, -0.25) is 0 Å². The zero-order valence-corrected chi connectivity index (χ0v) is 12.9. The lowest BCUT2D eigenvalue weighted by Crippen LogP contribution is -2.06. The highest BCUT2D eigenvalue weighted by Gasteiger charge is 2.15. The molecule has 3 aromatic rings. The number of rotatable bonds is 3. The average molecular weight is 285 g/mol. The third kappa shape index (κ3) is 2.20. The van der Waals surface area contributed by atoms with E-state index in [9.17, 15) is 0 Å². The summed E-state index contributed by atoms with van der Waals surface area (Å²) < 4.78 is 2.32. The van der Waals surface area contributed by atoms with E-state index < -0.39 is 0 Å². The van der Waals surface area contributed by atoms with E-state index in [2.05, 4.69) is 42.9 Å². The topological polar surface area (TPSA) is 43.8 Å². The number of imidazole rings is 1. The molecular weight excluding hydrogens is 266 g/mol. The second kappa shape index (κ2) is 4.94. The van der Waals surface area contributed by atoms with Crippen molar-refractivity contribution < 1.29 is 0 Å². The summed E-state index contributed by atoms with van der Waals surface area (Å²) in [5, 5.41) is 2.15. The Balaban J connectivity index is 2.16. The van der Waals surface area contributed by atoms with Crippen molar-refractivity contribution in [3.63, 3.8) is 0 Å². The Kier molecular flexibility index (Phi) is 3.26. The molecule has 0 unspecified atom stereocenters. The van der Waals surface area contributed by atoms with Gasteiger partial charge in [0.2, 0.25) is 0 Å². The van der Waals surface area contributed by atoms with E-state index in [0.717, 1.165) is 29.1 Å². The number of nitrogens with two attached hydrogens (primary N) is 1. The fourth-order valence-electron chi connectivity index (χ4n) is 2.48. The molecule has 3 nitrogen and oxygen atoms in total. The van der Waals surface area contributed by atoms with Crippen LogP contribution in [0.4, 0.5) is 5.69 Å². The van der Waals surface area contributed by atoms with Crippen LogP contribution in [0.25, 0.3) is 11.0 Å². The Morgan fingerprint density at radius 3 is 2.75 bits per heavy atom. The van der Waals surface area contributed by atoms with Crippen LogP contribution in [0.15, 0.2) is 29.6 Å². The van der Waals surface area contributed by atoms with Crippen LogP contribution in [0.1, 0.15) is 36.0 Å². The molecule has 0 atom stereocenters. The first kappa shape index (κ1) is 13.2. The number of thiophene rings is 1. The van der Waals surface area contributed by atoms with Crippen molar-refractivity contribution in [2.45, 2.75) is 33.2 Å². The van der Waals surface area contributed by atoms with Crippen LogP contribution in [0.3, 0.4) is 0 Å². The maximum atomic E-state index is 5.87. The van der Waals surface area contributed by atoms with Gasteiger partial charge in [-0.25, -0.2) is 4.98 Å². The zero-order valence-electron chi connectivity index (χ0n) is 12.1. The molecule has 1 aromatic carbocycles. The molecule has 0 radical (unpaired) electrons. The fourth-order valence-corrected chi connectivity index (χ4v) is 3.38. The number of nitrogen functional groups attached to an aromatic ring is 1. The third-order valence-electron chi connectivity index (χ3n) is 3.59. The number of anilines is 1. The van der Waals surface area contributed by atoms with Crippen molar-refractivity contribution in [2.75, 3.05) is 5.73 Å². The van der Waals surface area contributed by atoms with Gasteiger partial charge in [-0.15, -0.1) is 11.3 Å². The average Bonchev–Trinajstić information content (AvgIpc) is 2.95. The van der Waals surface area contributed by atoms with Crippen LogP contribution in [0, 0.1) is 6.92 Å². The van der Waals surface area contributed by atoms with E-state index in [0.29, 0.717) is 5.92 Å². The molecule has 104 valence electrons. The normalized spacial score (nSPS) is 11.6. The van der Waals surface area contributed by atoms with Crippen LogP contribution in [-0.2, 0) is 6.54 Å². The van der Waals surface area contributed by atoms with Gasteiger partial charge in [-0.1, -0.05) is 13.8 Å². The smallest absolute Gasteiger partial charge is 0.112 e. The van der Waals surface area contributed by atoms with E-state index in [1.807, 2.05) is 12.1 Å². The molecule has 2 N–H and O–H groups in total. The second-order valence-electron chi connectivity index (χ2n) is 5.49. The fraction of sp³-hybridized carbons (Fsp3) is 0.312. The summed E-state index contributed by atoms with van der Waals surface area (Å²) in [6.07, 6.45) is 0. The summed E-state index contributed by atoms with van der Waals surface area (Å²) in [5.41, 5.74) is 10.1. The summed E-state index contributed by atoms with van der Waals surface area (Å²) in [6, 6.07) is 8.16. The second-order valence-corrected chi connectivity index (χ2v) is 6.49. The molecule has 0 bridgehead atoms. The first-order valence-electron chi connectivity index (χ1n) is 6.85. The molecular formula is C16H19N3S. The van der Waals surface area contributed by atoms with Gasteiger partial charge in [0.15, 0.2) is 0 Å². The number of nitrogens with zero attached hydrogens (tertiary/aromatic N) is 2. The van der Waals surface area contributed by atoms with E-state index in [1.54, 1.807) is 11.3 Å². The number of aryl methyl sites for hydroxylation is 1. The molecule has 20 heavy (non-hydrogen) atoms. The Hall–Kier alpha value is -1.81. The van der Waals surface area contributed by atoms with E-state index in [1.165, 1.54) is 10.4 Å². The predicted octanol–water partition coefficient (Wildman–Crippen LogP) is 4.16. The zero-order chi connectivity index (χ0) is 14.3. The van der Waals surface area contributed by atoms with E-state index in [-0.39, 0.29) is 0 Å². The quantitative estimate of drug-likeness (QED) is 0.734. The summed E-state index contributed by atoms with van der Waals surface area (Å²) in [4.78, 5) is 6.16. The molecule has 0 aliphatic rings. The van der Waals surface area contributed by atoms with Crippen molar-refractivity contribution in [1.29, 1.82) is 0 Å². The molecule has 0 aliphatic carbocycles. The lowest BCUT2D eigenvalue weighted by atomic mass is 10.2. The van der Waals surface area contributed by atoms with Gasteiger partial charge in [0.1, 0.15) is 5.82 Å². The van der Waals surface area contributed by atoms with Gasteiger partial charge < -0.3 is 10.3 Å². The Morgan fingerprint density at radius 2 is 2.10 bits per heavy atom. The molecule has 2 aromatic heterocycles. The number of fused-ring (bicyclic) bond motifs is 1. The van der Waals surface area contributed by atoms with Gasteiger partial charge in [0, 0.05) is 16.5 Å². The third-order valence-corrected chi connectivity index (χ3v) is 4.60. The largest absolute Gasteiger partial charge is 0.399 e. The van der Waals surface area contributed by atoms with E-state index >= 15 is 0 Å². The standard InChI is InChI=1S/C16H19N3S/c1-10(2)16-18-13-8-12(17)4-5-14(13)19(16)9-15-11(3)6-7-20-15/h4-8,10H,9,17H2,1-3H3. The van der Waals surface area contributed by atoms with Crippen LogP contribution < -0.4 is 5.73 Å². The molecule has 0 saturated carbocycles. The number of aromatic nitrogens is 2. The van der Waals surface area contributed by atoms with Gasteiger partial charge in [-0.2, -0.15) is 0 Å². The van der Waals surface area contributed by atoms with Crippen molar-refractivity contribution >= 4 is 28.1 Å². The minimum Gasteiger partial charge on any atom is -0.399 e. The molecule has 0 amide bonds. The summed E-state index contributed by atoms with van der Waals surface area (Å²) >= 11 is 1.81. The number of benzene rings is 1. The molecule has 0 spiro atoms. The van der Waals surface area contributed by atoms with Crippen molar-refractivity contribution in [2.24, 2.45) is 0 Å². The van der Waals surface area contributed by atoms with Crippen LogP contribution in [-0.4, -0.2) is 9.55 Å². The minimum atomic E-state index is 0.392. The lowest BCUT2D eigenvalue weighted by molar-refractivity contribution is 0.686. The minimum absolute atomic E-state index is 0.392. The molecule has 2 heterocycles. The molecule has 0 fully saturated rings. The summed E-state index contributed by atoms with van der Waals surface area (Å²) in [6.45, 7) is 7.42. The Labute approximate surface area is 123 Å². The highest BCUT2D eigenvalue weighted by molar-refractivity contribution is 7.10. The molecule has 0 saturated heterocycles. The molecule has 4 heteroatoms. The predicted molar refractivity (Wildman–Crippen MR) is 86.4 cm³/mol. The summed E-state index contributed by atoms with van der Waals surface area (Å²) in [7, 11) is 0. The SMILES string of the molecule is Cc1ccsc1Cn1c(C(C)C)nc2cc(N)ccc21. The van der Waals surface area contributed by atoms with Crippen LogP contribution in [0.5, 0.6) is 0 Å². The van der Waals surface area contributed by atoms with Crippen molar-refractivity contribution in [3.05, 3.63) is 45.9 Å². The number of hydrogen-bond donors (Lipinski definition) is 1. The number of hydrogen-bond acceptors (Lipinski definition) is 3. The summed E-state index contributed by atoms with van der Waals surface area (Å²) in [5.74, 6) is 1.52. The van der Waals surface area contributed by atoms with Gasteiger partial charge in [0.05, 0.1) is 17.6 Å². The molecule has 0 aliphatic heterocycles. The molecule has 3 rings (SSSR count). The monoisotopic (exact) mass is 285 g/mol. The van der Waals surface area contributed by atoms with Crippen molar-refractivity contribution in [3.8, 4) is 0 Å². The van der Waals surface area contributed by atoms with Crippen LogP contribution >= 0.6 is 11.3 Å². The Bertz CT molecular complexity index is 752. The van der Waals surface area contributed by atoms with E-state index in [4.69, 9.17) is 10.7 Å². The highest BCUT2D eigenvalue weighted by atomic mass is 32.1. The van der Waals surface area contributed by atoms with Gasteiger partial charge in [-0.05, 0) is 42.1 Å².